The van der Waals surface area contributed by atoms with Gasteiger partial charge < -0.3 is 4.74 Å². The fraction of sp³-hybridized carbons (Fsp3) is 0.300. The predicted molar refractivity (Wildman–Crippen MR) is 61.9 cm³/mol. The van der Waals surface area contributed by atoms with E-state index in [1.807, 2.05) is 32.1 Å². The average molecular weight is 289 g/mol. The van der Waals surface area contributed by atoms with Crippen LogP contribution in [0.25, 0.3) is 0 Å². The van der Waals surface area contributed by atoms with E-state index >= 15 is 0 Å². The van der Waals surface area contributed by atoms with E-state index in [0.29, 0.717) is 12.5 Å². The third kappa shape index (κ3) is 3.76. The summed E-state index contributed by atoms with van der Waals surface area (Å²) in [5.74, 6) is 0.709. The highest BCUT2D eigenvalue weighted by Crippen LogP contribution is 2.15. The van der Waals surface area contributed by atoms with Gasteiger partial charge in [0.25, 0.3) is 0 Å². The van der Waals surface area contributed by atoms with E-state index in [-0.39, 0.29) is 0 Å². The molecule has 1 heterocycles. The summed E-state index contributed by atoms with van der Waals surface area (Å²) in [4.78, 5) is 4.12. The molecule has 0 amide bonds. The van der Waals surface area contributed by atoms with Gasteiger partial charge in [-0.15, -0.1) is 0 Å². The van der Waals surface area contributed by atoms with Crippen LogP contribution in [0.4, 0.5) is 0 Å². The van der Waals surface area contributed by atoms with Crippen LogP contribution in [0.5, 0.6) is 5.88 Å². The lowest BCUT2D eigenvalue weighted by Crippen LogP contribution is -1.97. The van der Waals surface area contributed by atoms with E-state index in [1.54, 1.807) is 6.20 Å². The minimum absolute atomic E-state index is 0.593. The maximum Gasteiger partial charge on any atom is 0.227 e. The number of aromatic nitrogens is 1. The molecule has 0 aliphatic rings. The molecule has 70 valence electrons. The van der Waals surface area contributed by atoms with Gasteiger partial charge in [0.2, 0.25) is 5.88 Å². The molecular formula is C10H12INO. The molecule has 0 unspecified atom stereocenters. The molecule has 13 heavy (non-hydrogen) atoms. The van der Waals surface area contributed by atoms with Crippen molar-refractivity contribution in [3.8, 4) is 5.88 Å². The summed E-state index contributed by atoms with van der Waals surface area (Å²) in [5.41, 5.74) is 1.26. The number of hydrogen-bond donors (Lipinski definition) is 0. The molecular weight excluding hydrogens is 277 g/mol. The van der Waals surface area contributed by atoms with Crippen molar-refractivity contribution in [3.05, 3.63) is 33.5 Å². The van der Waals surface area contributed by atoms with E-state index in [0.717, 1.165) is 3.57 Å². The molecule has 0 N–H and O–H groups in total. The molecule has 0 spiro atoms. The van der Waals surface area contributed by atoms with E-state index in [9.17, 15) is 0 Å². The molecule has 0 aliphatic carbocycles. The van der Waals surface area contributed by atoms with E-state index < -0.39 is 0 Å². The Balaban J connectivity index is 2.55. The summed E-state index contributed by atoms with van der Waals surface area (Å²) in [7, 11) is 0. The highest BCUT2D eigenvalue weighted by molar-refractivity contribution is 14.1. The number of rotatable bonds is 3. The first-order valence-corrected chi connectivity index (χ1v) is 5.14. The maximum absolute atomic E-state index is 5.45. The standard InChI is InChI=1S/C10H12INO/c1-8(2)5-7-13-10-9(11)4-3-6-12-10/h3-6H,7H2,1-2H3. The second-order valence-electron chi connectivity index (χ2n) is 2.88. The second kappa shape index (κ2) is 5.21. The van der Waals surface area contributed by atoms with Crippen LogP contribution >= 0.6 is 22.6 Å². The Kier molecular flexibility index (Phi) is 4.21. The van der Waals surface area contributed by atoms with Gasteiger partial charge in [-0.1, -0.05) is 5.57 Å². The molecule has 0 aromatic carbocycles. The van der Waals surface area contributed by atoms with Gasteiger partial charge in [-0.05, 0) is 54.6 Å². The van der Waals surface area contributed by atoms with Crippen molar-refractivity contribution < 1.29 is 4.74 Å². The smallest absolute Gasteiger partial charge is 0.227 e. The summed E-state index contributed by atoms with van der Waals surface area (Å²) in [6.07, 6.45) is 3.77. The Hall–Kier alpha value is -0.580. The first kappa shape index (κ1) is 10.5. The van der Waals surface area contributed by atoms with Crippen LogP contribution in [0.1, 0.15) is 13.8 Å². The molecule has 1 aromatic rings. The van der Waals surface area contributed by atoms with Crippen molar-refractivity contribution in [2.45, 2.75) is 13.8 Å². The van der Waals surface area contributed by atoms with Gasteiger partial charge in [-0.3, -0.25) is 0 Å². The maximum atomic E-state index is 5.45. The lowest BCUT2D eigenvalue weighted by Gasteiger charge is -2.03. The number of halogens is 1. The van der Waals surface area contributed by atoms with Gasteiger partial charge in [0.1, 0.15) is 6.61 Å². The van der Waals surface area contributed by atoms with Gasteiger partial charge in [-0.2, -0.15) is 0 Å². The third-order valence-corrected chi connectivity index (χ3v) is 2.26. The van der Waals surface area contributed by atoms with Crippen molar-refractivity contribution in [2.24, 2.45) is 0 Å². The summed E-state index contributed by atoms with van der Waals surface area (Å²) in [6, 6.07) is 3.88. The van der Waals surface area contributed by atoms with Gasteiger partial charge in [0.15, 0.2) is 0 Å². The fourth-order valence-corrected chi connectivity index (χ4v) is 1.27. The van der Waals surface area contributed by atoms with Crippen molar-refractivity contribution in [2.75, 3.05) is 6.61 Å². The van der Waals surface area contributed by atoms with Crippen LogP contribution < -0.4 is 4.74 Å². The second-order valence-corrected chi connectivity index (χ2v) is 4.05. The topological polar surface area (TPSA) is 22.1 Å². The van der Waals surface area contributed by atoms with Gasteiger partial charge in [0.05, 0.1) is 3.57 Å². The zero-order valence-electron chi connectivity index (χ0n) is 7.75. The molecule has 3 heteroatoms. The monoisotopic (exact) mass is 289 g/mol. The van der Waals surface area contributed by atoms with Gasteiger partial charge >= 0.3 is 0 Å². The number of hydrogen-bond acceptors (Lipinski definition) is 2. The Morgan fingerprint density at radius 1 is 1.62 bits per heavy atom. The number of pyridine rings is 1. The van der Waals surface area contributed by atoms with Gasteiger partial charge in [-0.25, -0.2) is 4.98 Å². The quantitative estimate of drug-likeness (QED) is 0.630. The molecule has 0 bridgehead atoms. The first-order valence-electron chi connectivity index (χ1n) is 4.07. The SMILES string of the molecule is CC(C)=CCOc1ncccc1I. The fourth-order valence-electron chi connectivity index (χ4n) is 0.765. The lowest BCUT2D eigenvalue weighted by atomic mass is 10.3. The number of allylic oxidation sites excluding steroid dienone is 1. The molecule has 0 saturated carbocycles. The highest BCUT2D eigenvalue weighted by atomic mass is 127. The predicted octanol–water partition coefficient (Wildman–Crippen LogP) is 3.03. The van der Waals surface area contributed by atoms with Crippen LogP contribution in [0, 0.1) is 3.57 Å². The first-order chi connectivity index (χ1) is 6.20. The van der Waals surface area contributed by atoms with Crippen molar-refractivity contribution in [1.82, 2.24) is 4.98 Å². The highest BCUT2D eigenvalue weighted by Gasteiger charge is 1.98. The number of nitrogens with zero attached hydrogens (tertiary/aromatic N) is 1. The van der Waals surface area contributed by atoms with Crippen LogP contribution in [-0.4, -0.2) is 11.6 Å². The Bertz CT molecular complexity index is 306. The average Bonchev–Trinajstić information content (AvgIpc) is 2.08. The zero-order valence-corrected chi connectivity index (χ0v) is 9.91. The molecule has 0 atom stereocenters. The van der Waals surface area contributed by atoms with Crippen LogP contribution in [0.2, 0.25) is 0 Å². The van der Waals surface area contributed by atoms with Crippen molar-refractivity contribution >= 4 is 22.6 Å². The van der Waals surface area contributed by atoms with Crippen molar-refractivity contribution in [3.63, 3.8) is 0 Å². The van der Waals surface area contributed by atoms with E-state index in [4.69, 9.17) is 4.74 Å². The molecule has 1 aromatic heterocycles. The van der Waals surface area contributed by atoms with Crippen molar-refractivity contribution in [1.29, 1.82) is 0 Å². The normalized spacial score (nSPS) is 9.46. The third-order valence-electron chi connectivity index (χ3n) is 1.44. The van der Waals surface area contributed by atoms with Gasteiger partial charge in [0, 0.05) is 6.20 Å². The van der Waals surface area contributed by atoms with Crippen LogP contribution in [0.3, 0.4) is 0 Å². The van der Waals surface area contributed by atoms with Crippen LogP contribution in [-0.2, 0) is 0 Å². The summed E-state index contributed by atoms with van der Waals surface area (Å²) in [6.45, 7) is 4.69. The summed E-state index contributed by atoms with van der Waals surface area (Å²) < 4.78 is 6.50. The largest absolute Gasteiger partial charge is 0.473 e. The minimum atomic E-state index is 0.593. The Labute approximate surface area is 92.2 Å². The Morgan fingerprint density at radius 2 is 2.38 bits per heavy atom. The molecule has 2 nitrogen and oxygen atoms in total. The zero-order chi connectivity index (χ0) is 9.68. The molecule has 0 radical (unpaired) electrons. The Morgan fingerprint density at radius 3 is 3.00 bits per heavy atom. The minimum Gasteiger partial charge on any atom is -0.473 e. The molecule has 0 fully saturated rings. The van der Waals surface area contributed by atoms with E-state index in [1.165, 1.54) is 5.57 Å². The number of ether oxygens (including phenoxy) is 1. The van der Waals surface area contributed by atoms with Crippen LogP contribution in [0.15, 0.2) is 30.0 Å². The molecule has 1 rings (SSSR count). The lowest BCUT2D eigenvalue weighted by molar-refractivity contribution is 0.345. The molecule has 0 aliphatic heterocycles. The summed E-state index contributed by atoms with van der Waals surface area (Å²) in [5, 5.41) is 0. The summed E-state index contributed by atoms with van der Waals surface area (Å²) >= 11 is 2.21. The van der Waals surface area contributed by atoms with E-state index in [2.05, 4.69) is 27.6 Å². The molecule has 0 saturated heterocycles.